The van der Waals surface area contributed by atoms with Crippen LogP contribution in [0.3, 0.4) is 0 Å². The molecule has 0 saturated heterocycles. The molecule has 0 amide bonds. The van der Waals surface area contributed by atoms with Gasteiger partial charge in [-0.15, -0.1) is 26.3 Å². The summed E-state index contributed by atoms with van der Waals surface area (Å²) < 4.78 is 82.1. The van der Waals surface area contributed by atoms with E-state index in [1.807, 2.05) is 65.2 Å². The number of nitrogens with zero attached hydrogens (tertiary/aromatic N) is 1. The SMILES string of the molecule is C.C.CCCCNC.Cc1cc[nH]c(=O)c1Br.Cc1ccn(-c2cccc(OC(F)(F)F)c2)c(=O)c1I.FC(F)(F)Oc1cccc(I)c1. The zero-order valence-electron chi connectivity index (χ0n) is 25.5. The molecule has 0 aliphatic heterocycles. The van der Waals surface area contributed by atoms with Crippen LogP contribution in [0, 0.1) is 21.0 Å². The maximum atomic E-state index is 12.2. The Labute approximate surface area is 318 Å². The number of alkyl halides is 6. The minimum Gasteiger partial charge on any atom is -0.406 e. The number of nitrogens with one attached hydrogen (secondary N) is 2. The molecule has 0 saturated carbocycles. The number of aromatic amines is 1. The number of ether oxygens (including phenoxy) is 2. The second-order valence-electron chi connectivity index (χ2n) is 9.30. The molecule has 2 heterocycles. The third-order valence-corrected chi connectivity index (χ3v) is 8.43. The Hall–Kier alpha value is -2.58. The van der Waals surface area contributed by atoms with Crippen LogP contribution in [0.2, 0.25) is 0 Å². The van der Waals surface area contributed by atoms with Crippen LogP contribution in [0.25, 0.3) is 5.69 Å². The highest BCUT2D eigenvalue weighted by Crippen LogP contribution is 2.25. The Kier molecular flexibility index (Phi) is 23.5. The fourth-order valence-electron chi connectivity index (χ4n) is 3.21. The van der Waals surface area contributed by atoms with E-state index in [0.29, 0.717) is 17.3 Å². The monoisotopic (exact) mass is 989 g/mol. The van der Waals surface area contributed by atoms with Crippen molar-refractivity contribution in [3.63, 3.8) is 0 Å². The first-order valence-electron chi connectivity index (χ1n) is 13.6. The van der Waals surface area contributed by atoms with Crippen molar-refractivity contribution in [1.29, 1.82) is 0 Å². The van der Waals surface area contributed by atoms with Gasteiger partial charge in [-0.25, -0.2) is 0 Å². The first kappa shape index (κ1) is 48.5. The van der Waals surface area contributed by atoms with E-state index in [0.717, 1.165) is 17.7 Å². The van der Waals surface area contributed by atoms with Crippen molar-refractivity contribution in [2.24, 2.45) is 0 Å². The first-order chi connectivity index (χ1) is 21.9. The van der Waals surface area contributed by atoms with Gasteiger partial charge < -0.3 is 19.8 Å². The molecule has 0 radical (unpaired) electrons. The molecule has 0 fully saturated rings. The molecular weight excluding hydrogens is 950 g/mol. The van der Waals surface area contributed by atoms with Crippen LogP contribution in [0.1, 0.15) is 45.7 Å². The maximum absolute atomic E-state index is 12.2. The average Bonchev–Trinajstić information content (AvgIpc) is 2.97. The van der Waals surface area contributed by atoms with Crippen molar-refractivity contribution in [1.82, 2.24) is 14.9 Å². The highest BCUT2D eigenvalue weighted by atomic mass is 127. The Bertz CT molecular complexity index is 1660. The van der Waals surface area contributed by atoms with Crippen LogP contribution >= 0.6 is 61.1 Å². The van der Waals surface area contributed by atoms with Crippen LogP contribution in [0.4, 0.5) is 26.3 Å². The van der Waals surface area contributed by atoms with Crippen molar-refractivity contribution in [2.75, 3.05) is 13.6 Å². The van der Waals surface area contributed by atoms with Gasteiger partial charge in [0.25, 0.3) is 11.1 Å². The fourth-order valence-corrected chi connectivity index (χ4v) is 4.41. The van der Waals surface area contributed by atoms with Crippen LogP contribution in [0.15, 0.2) is 87.1 Å². The van der Waals surface area contributed by atoms with E-state index >= 15 is 0 Å². The summed E-state index contributed by atoms with van der Waals surface area (Å²) in [4.78, 5) is 25.4. The van der Waals surface area contributed by atoms with Crippen molar-refractivity contribution in [3.05, 3.63) is 117 Å². The van der Waals surface area contributed by atoms with Gasteiger partial charge in [-0.2, -0.15) is 0 Å². The average molecular weight is 990 g/mol. The Morgan fingerprint density at radius 3 is 1.86 bits per heavy atom. The molecule has 2 aromatic carbocycles. The molecule has 0 aliphatic rings. The number of rotatable bonds is 6. The molecule has 0 atom stereocenters. The lowest BCUT2D eigenvalue weighted by molar-refractivity contribution is -0.275. The van der Waals surface area contributed by atoms with Crippen LogP contribution in [-0.4, -0.2) is 35.9 Å². The van der Waals surface area contributed by atoms with Gasteiger partial charge in [-0.05, 0) is 149 Å². The van der Waals surface area contributed by atoms with E-state index in [2.05, 4.69) is 42.6 Å². The predicted molar refractivity (Wildman–Crippen MR) is 204 cm³/mol. The summed E-state index contributed by atoms with van der Waals surface area (Å²) in [5.74, 6) is -0.549. The normalized spacial score (nSPS) is 10.3. The van der Waals surface area contributed by atoms with E-state index in [9.17, 15) is 35.9 Å². The van der Waals surface area contributed by atoms with Crippen molar-refractivity contribution in [3.8, 4) is 17.2 Å². The van der Waals surface area contributed by atoms with E-state index in [1.54, 1.807) is 25.3 Å². The van der Waals surface area contributed by atoms with Gasteiger partial charge in [0, 0.05) is 22.0 Å². The van der Waals surface area contributed by atoms with Gasteiger partial charge in [0.15, 0.2) is 0 Å². The minimum atomic E-state index is -4.76. The molecule has 49 heavy (non-hydrogen) atoms. The molecule has 0 aliphatic carbocycles. The summed E-state index contributed by atoms with van der Waals surface area (Å²) in [6.45, 7) is 7.02. The number of halogens is 9. The van der Waals surface area contributed by atoms with Gasteiger partial charge in [0.2, 0.25) is 0 Å². The summed E-state index contributed by atoms with van der Waals surface area (Å²) in [7, 11) is 1.98. The number of aromatic nitrogens is 2. The molecule has 0 spiro atoms. The second-order valence-corrected chi connectivity index (χ2v) is 12.4. The zero-order valence-corrected chi connectivity index (χ0v) is 31.4. The van der Waals surface area contributed by atoms with E-state index in [-0.39, 0.29) is 37.5 Å². The summed E-state index contributed by atoms with van der Waals surface area (Å²) in [5.41, 5.74) is 1.73. The highest BCUT2D eigenvalue weighted by molar-refractivity contribution is 14.1. The molecule has 4 aromatic rings. The Morgan fingerprint density at radius 1 is 0.857 bits per heavy atom. The summed E-state index contributed by atoms with van der Waals surface area (Å²) >= 11 is 6.95. The predicted octanol–water partition coefficient (Wildman–Crippen LogP) is 10.6. The molecule has 2 N–H and O–H groups in total. The third-order valence-electron chi connectivity index (χ3n) is 5.46. The fraction of sp³-hybridized carbons (Fsp3) is 0.333. The standard InChI is InChI=1S/C13H9F3INO2.C7H4F3IO.C6H6BrNO.C5H13N.2CH4/c1-8-5-6-18(12(19)11(8)17)9-3-2-4-10(7-9)20-13(14,15)16;8-7(9,10)12-6-3-1-2-5(11)4-6;1-4-2-3-8-6(9)5(4)7;1-3-4-5-6-2;;/h2-7H,1H3;1-4H;2-3H,1H3,(H,8,9);6H,3-5H2,1-2H3;2*1H4. The Balaban J connectivity index is 0. The Morgan fingerprint density at radius 2 is 1.41 bits per heavy atom. The second kappa shape index (κ2) is 23.8. The first-order valence-corrected chi connectivity index (χ1v) is 16.6. The van der Waals surface area contributed by atoms with Gasteiger partial charge in [-0.1, -0.05) is 40.3 Å². The molecule has 4 rings (SSSR count). The summed E-state index contributed by atoms with van der Waals surface area (Å²) in [6.07, 6.45) is -3.62. The number of pyridine rings is 2. The van der Waals surface area contributed by atoms with Gasteiger partial charge in [0.1, 0.15) is 11.5 Å². The summed E-state index contributed by atoms with van der Waals surface area (Å²) in [5, 5.41) is 3.07. The molecule has 7 nitrogen and oxygen atoms in total. The molecule has 16 heteroatoms. The van der Waals surface area contributed by atoms with E-state index in [1.165, 1.54) is 66.1 Å². The van der Waals surface area contributed by atoms with Crippen molar-refractivity contribution >= 4 is 61.1 Å². The molecule has 0 unspecified atom stereocenters. The summed E-state index contributed by atoms with van der Waals surface area (Å²) in [6, 6.07) is 14.6. The number of benzene rings is 2. The van der Waals surface area contributed by atoms with Crippen molar-refractivity contribution < 1.29 is 35.8 Å². The lowest BCUT2D eigenvalue weighted by atomic mass is 10.2. The number of aryl methyl sites for hydroxylation is 2. The van der Waals surface area contributed by atoms with Crippen LogP contribution in [0.5, 0.6) is 11.5 Å². The quantitative estimate of drug-likeness (QED) is 0.114. The van der Waals surface area contributed by atoms with E-state index in [4.69, 9.17) is 0 Å². The smallest absolute Gasteiger partial charge is 0.406 e. The lowest BCUT2D eigenvalue weighted by Gasteiger charge is -2.11. The molecule has 0 bridgehead atoms. The lowest BCUT2D eigenvalue weighted by Crippen LogP contribution is -2.21. The number of H-pyrrole nitrogens is 1. The van der Waals surface area contributed by atoms with Gasteiger partial charge in [-0.3, -0.25) is 14.2 Å². The van der Waals surface area contributed by atoms with Crippen LogP contribution in [-0.2, 0) is 0 Å². The number of hydrogen-bond acceptors (Lipinski definition) is 5. The minimum absolute atomic E-state index is 0. The van der Waals surface area contributed by atoms with Crippen LogP contribution < -0.4 is 25.9 Å². The molecule has 274 valence electrons. The molecular formula is C33H40BrF6I2N3O4. The van der Waals surface area contributed by atoms with Gasteiger partial charge >= 0.3 is 12.7 Å². The zero-order chi connectivity index (χ0) is 35.8. The van der Waals surface area contributed by atoms with Gasteiger partial charge in [0.05, 0.1) is 13.7 Å². The maximum Gasteiger partial charge on any atom is 0.573 e. The molecule has 2 aromatic heterocycles. The van der Waals surface area contributed by atoms with E-state index < -0.39 is 12.7 Å². The third kappa shape index (κ3) is 20.0. The van der Waals surface area contributed by atoms with Crippen molar-refractivity contribution in [2.45, 2.75) is 61.2 Å². The number of unbranched alkanes of at least 4 members (excludes halogenated alkanes) is 1. The number of hydrogen-bond donors (Lipinski definition) is 2. The largest absolute Gasteiger partial charge is 0.573 e. The topological polar surface area (TPSA) is 85.4 Å². The highest BCUT2D eigenvalue weighted by Gasteiger charge is 2.31.